The van der Waals surface area contributed by atoms with Gasteiger partial charge in [0, 0.05) is 7.11 Å². The molecule has 1 aromatic rings. The molecule has 0 radical (unpaired) electrons. The molecule has 0 amide bonds. The van der Waals surface area contributed by atoms with Crippen molar-refractivity contribution in [3.8, 4) is 0 Å². The van der Waals surface area contributed by atoms with E-state index in [9.17, 15) is 0 Å². The van der Waals surface area contributed by atoms with Crippen LogP contribution in [0, 0.1) is 0 Å². The molecule has 5 heteroatoms. The number of nitrogens with one attached hydrogen (secondary N) is 1. The van der Waals surface area contributed by atoms with Crippen molar-refractivity contribution < 1.29 is 9.26 Å². The van der Waals surface area contributed by atoms with E-state index < -0.39 is 0 Å². The minimum atomic E-state index is -0.0791. The standard InChI is InChI=1S/C9H17N3O2/c1-9(2,13-3)4-5-10-6-8-11-7-14-12-8/h7,10H,4-6H2,1-3H3. The van der Waals surface area contributed by atoms with Gasteiger partial charge in [-0.3, -0.25) is 0 Å². The topological polar surface area (TPSA) is 60.2 Å². The van der Waals surface area contributed by atoms with Gasteiger partial charge in [-0.05, 0) is 26.8 Å². The average Bonchev–Trinajstić information content (AvgIpc) is 2.65. The molecule has 0 bridgehead atoms. The molecule has 0 spiro atoms. The Bertz CT molecular complexity index is 247. The third-order valence-corrected chi connectivity index (χ3v) is 2.15. The average molecular weight is 199 g/mol. The molecule has 0 saturated heterocycles. The van der Waals surface area contributed by atoms with Crippen LogP contribution in [0.2, 0.25) is 0 Å². The highest BCUT2D eigenvalue weighted by Gasteiger charge is 2.14. The van der Waals surface area contributed by atoms with E-state index in [0.29, 0.717) is 12.4 Å². The van der Waals surface area contributed by atoms with E-state index in [4.69, 9.17) is 4.74 Å². The van der Waals surface area contributed by atoms with Crippen LogP contribution in [0.1, 0.15) is 26.1 Å². The van der Waals surface area contributed by atoms with Crippen molar-refractivity contribution in [2.75, 3.05) is 13.7 Å². The fraction of sp³-hybridized carbons (Fsp3) is 0.778. The zero-order valence-electron chi connectivity index (χ0n) is 8.91. The van der Waals surface area contributed by atoms with E-state index >= 15 is 0 Å². The highest BCUT2D eigenvalue weighted by Crippen LogP contribution is 2.11. The predicted molar refractivity (Wildman–Crippen MR) is 51.7 cm³/mol. The maximum absolute atomic E-state index is 5.29. The largest absolute Gasteiger partial charge is 0.379 e. The SMILES string of the molecule is COC(C)(C)CCNCc1ncon1. The van der Waals surface area contributed by atoms with E-state index in [1.54, 1.807) is 7.11 Å². The molecule has 80 valence electrons. The Balaban J connectivity index is 2.11. The maximum atomic E-state index is 5.29. The van der Waals surface area contributed by atoms with Crippen LogP contribution >= 0.6 is 0 Å². The van der Waals surface area contributed by atoms with Crippen LogP contribution in [0.3, 0.4) is 0 Å². The summed E-state index contributed by atoms with van der Waals surface area (Å²) in [7, 11) is 1.72. The summed E-state index contributed by atoms with van der Waals surface area (Å²) in [5.41, 5.74) is -0.0791. The molecule has 1 rings (SSSR count). The van der Waals surface area contributed by atoms with Gasteiger partial charge in [0.2, 0.25) is 6.39 Å². The van der Waals surface area contributed by atoms with E-state index in [1.807, 2.05) is 0 Å². The molecule has 0 aliphatic rings. The molecule has 1 N–H and O–H groups in total. The van der Waals surface area contributed by atoms with Gasteiger partial charge in [-0.15, -0.1) is 0 Å². The predicted octanol–water partition coefficient (Wildman–Crippen LogP) is 0.974. The van der Waals surface area contributed by atoms with Crippen LogP contribution in [-0.4, -0.2) is 29.4 Å². The lowest BCUT2D eigenvalue weighted by Gasteiger charge is -2.22. The Morgan fingerprint density at radius 3 is 2.93 bits per heavy atom. The second-order valence-electron chi connectivity index (χ2n) is 3.74. The fourth-order valence-corrected chi connectivity index (χ4v) is 0.962. The minimum absolute atomic E-state index is 0.0791. The molecule has 0 unspecified atom stereocenters. The molecule has 0 aliphatic heterocycles. The summed E-state index contributed by atoms with van der Waals surface area (Å²) < 4.78 is 9.89. The fourth-order valence-electron chi connectivity index (χ4n) is 0.962. The first-order valence-corrected chi connectivity index (χ1v) is 4.65. The van der Waals surface area contributed by atoms with Gasteiger partial charge in [-0.1, -0.05) is 5.16 Å². The van der Waals surface area contributed by atoms with Crippen molar-refractivity contribution >= 4 is 0 Å². The number of ether oxygens (including phenoxy) is 1. The van der Waals surface area contributed by atoms with Gasteiger partial charge < -0.3 is 14.6 Å². The van der Waals surface area contributed by atoms with Gasteiger partial charge in [0.25, 0.3) is 0 Å². The smallest absolute Gasteiger partial charge is 0.213 e. The number of hydrogen-bond acceptors (Lipinski definition) is 5. The molecular formula is C9H17N3O2. The lowest BCUT2D eigenvalue weighted by atomic mass is 10.1. The first-order chi connectivity index (χ1) is 6.64. The van der Waals surface area contributed by atoms with Gasteiger partial charge in [0.05, 0.1) is 12.1 Å². The summed E-state index contributed by atoms with van der Waals surface area (Å²) in [5, 5.41) is 6.90. The van der Waals surface area contributed by atoms with Crippen LogP contribution in [0.5, 0.6) is 0 Å². The summed E-state index contributed by atoms with van der Waals surface area (Å²) in [6.07, 6.45) is 2.28. The van der Waals surface area contributed by atoms with Crippen molar-refractivity contribution in [2.45, 2.75) is 32.4 Å². The molecule has 1 heterocycles. The molecular weight excluding hydrogens is 182 g/mol. The van der Waals surface area contributed by atoms with Gasteiger partial charge in [-0.25, -0.2) is 0 Å². The van der Waals surface area contributed by atoms with E-state index in [1.165, 1.54) is 6.39 Å². The molecule has 1 aromatic heterocycles. The summed E-state index contributed by atoms with van der Waals surface area (Å²) in [4.78, 5) is 3.90. The third-order valence-electron chi connectivity index (χ3n) is 2.15. The lowest BCUT2D eigenvalue weighted by Crippen LogP contribution is -2.28. The normalized spacial score (nSPS) is 11.9. The Kier molecular flexibility index (Phi) is 4.03. The second-order valence-corrected chi connectivity index (χ2v) is 3.74. The lowest BCUT2D eigenvalue weighted by molar-refractivity contribution is 0.0158. The van der Waals surface area contributed by atoms with Gasteiger partial charge in [0.15, 0.2) is 5.82 Å². The molecule has 14 heavy (non-hydrogen) atoms. The highest BCUT2D eigenvalue weighted by molar-refractivity contribution is 4.77. The number of aromatic nitrogens is 2. The zero-order chi connectivity index (χ0) is 10.4. The van der Waals surface area contributed by atoms with Crippen molar-refractivity contribution in [1.29, 1.82) is 0 Å². The molecule has 0 atom stereocenters. The molecule has 0 saturated carbocycles. The first kappa shape index (κ1) is 11.1. The van der Waals surface area contributed by atoms with Crippen LogP contribution in [0.15, 0.2) is 10.9 Å². The highest BCUT2D eigenvalue weighted by atomic mass is 16.5. The Morgan fingerprint density at radius 2 is 2.36 bits per heavy atom. The van der Waals surface area contributed by atoms with Crippen LogP contribution in [0.4, 0.5) is 0 Å². The summed E-state index contributed by atoms with van der Waals surface area (Å²) >= 11 is 0. The quantitative estimate of drug-likeness (QED) is 0.692. The molecule has 0 aliphatic carbocycles. The van der Waals surface area contributed by atoms with Crippen LogP contribution < -0.4 is 5.32 Å². The second kappa shape index (κ2) is 5.07. The Labute approximate surface area is 83.8 Å². The third kappa shape index (κ3) is 3.85. The summed E-state index contributed by atoms with van der Waals surface area (Å²) in [6.45, 7) is 5.62. The number of rotatable bonds is 6. The van der Waals surface area contributed by atoms with E-state index in [-0.39, 0.29) is 5.60 Å². The summed E-state index contributed by atoms with van der Waals surface area (Å²) in [5.74, 6) is 0.681. The monoisotopic (exact) mass is 199 g/mol. The Morgan fingerprint density at radius 1 is 1.57 bits per heavy atom. The molecule has 0 fully saturated rings. The number of methoxy groups -OCH3 is 1. The zero-order valence-corrected chi connectivity index (χ0v) is 8.91. The summed E-state index contributed by atoms with van der Waals surface area (Å²) in [6, 6.07) is 0. The minimum Gasteiger partial charge on any atom is -0.379 e. The van der Waals surface area contributed by atoms with Crippen LogP contribution in [-0.2, 0) is 11.3 Å². The maximum Gasteiger partial charge on any atom is 0.213 e. The number of hydrogen-bond donors (Lipinski definition) is 1. The molecule has 5 nitrogen and oxygen atoms in total. The van der Waals surface area contributed by atoms with Crippen molar-refractivity contribution in [1.82, 2.24) is 15.5 Å². The first-order valence-electron chi connectivity index (χ1n) is 4.65. The van der Waals surface area contributed by atoms with Crippen molar-refractivity contribution in [3.05, 3.63) is 12.2 Å². The molecule has 0 aromatic carbocycles. The van der Waals surface area contributed by atoms with Gasteiger partial charge in [0.1, 0.15) is 0 Å². The van der Waals surface area contributed by atoms with E-state index in [0.717, 1.165) is 13.0 Å². The Hall–Kier alpha value is -0.940. The van der Waals surface area contributed by atoms with Crippen molar-refractivity contribution in [2.24, 2.45) is 0 Å². The van der Waals surface area contributed by atoms with Crippen molar-refractivity contribution in [3.63, 3.8) is 0 Å². The number of nitrogens with zero attached hydrogens (tertiary/aromatic N) is 2. The van der Waals surface area contributed by atoms with Gasteiger partial charge in [-0.2, -0.15) is 4.98 Å². The van der Waals surface area contributed by atoms with Crippen LogP contribution in [0.25, 0.3) is 0 Å². The van der Waals surface area contributed by atoms with Gasteiger partial charge >= 0.3 is 0 Å². The van der Waals surface area contributed by atoms with E-state index in [2.05, 4.69) is 33.8 Å².